The molecule has 1 heterocycles. The first-order chi connectivity index (χ1) is 9.74. The Bertz CT molecular complexity index is 657. The molecule has 2 aromatic rings. The molecule has 1 amide bonds. The number of benzene rings is 1. The van der Waals surface area contributed by atoms with Crippen molar-refractivity contribution >= 4 is 28.8 Å². The molecule has 0 atom stereocenters. The Kier molecular flexibility index (Phi) is 4.23. The average Bonchev–Trinajstić information content (AvgIpc) is 2.76. The van der Waals surface area contributed by atoms with Crippen LogP contribution in [0.4, 0.5) is 16.2 Å². The number of aryl methyl sites for hydroxylation is 1. The fourth-order valence-electron chi connectivity index (χ4n) is 1.83. The number of nitrogens with one attached hydrogen (secondary N) is 1. The Morgan fingerprint density at radius 2 is 1.95 bits per heavy atom. The smallest absolute Gasteiger partial charge is 0.412 e. The van der Waals surface area contributed by atoms with Crippen LogP contribution in [0.2, 0.25) is 0 Å². The van der Waals surface area contributed by atoms with E-state index in [1.165, 1.54) is 4.88 Å². The average molecular weight is 304 g/mol. The number of anilines is 2. The molecule has 0 spiro atoms. The highest BCUT2D eigenvalue weighted by molar-refractivity contribution is 7.15. The van der Waals surface area contributed by atoms with Gasteiger partial charge in [0.15, 0.2) is 0 Å². The number of rotatable bonds is 2. The number of hydrogen-bond donors (Lipinski definition) is 2. The highest BCUT2D eigenvalue weighted by atomic mass is 32.1. The Balaban J connectivity index is 2.15. The molecule has 0 aliphatic rings. The third-order valence-corrected chi connectivity index (χ3v) is 3.76. The minimum Gasteiger partial charge on any atom is -0.444 e. The Hall–Kier alpha value is -2.01. The second-order valence-electron chi connectivity index (χ2n) is 5.84. The Morgan fingerprint density at radius 3 is 2.48 bits per heavy atom. The number of ether oxygens (including phenoxy) is 1. The molecule has 3 N–H and O–H groups in total. The summed E-state index contributed by atoms with van der Waals surface area (Å²) in [6.07, 6.45) is -0.506. The quantitative estimate of drug-likeness (QED) is 0.794. The standard InChI is InChI=1S/C16H20N2O2S/c1-10-5-8-14(21-10)11-6-7-13(12(17)9-11)18-15(19)20-16(2,3)4/h5-9H,17H2,1-4H3,(H,18,19). The Labute approximate surface area is 128 Å². The lowest BCUT2D eigenvalue weighted by Gasteiger charge is -2.20. The van der Waals surface area contributed by atoms with Crippen LogP contribution < -0.4 is 11.1 Å². The van der Waals surface area contributed by atoms with E-state index in [2.05, 4.69) is 24.4 Å². The van der Waals surface area contributed by atoms with E-state index in [1.54, 1.807) is 17.4 Å². The monoisotopic (exact) mass is 304 g/mol. The summed E-state index contributed by atoms with van der Waals surface area (Å²) in [6.45, 7) is 7.52. The van der Waals surface area contributed by atoms with Gasteiger partial charge in [0.1, 0.15) is 5.60 Å². The number of amides is 1. The topological polar surface area (TPSA) is 64.3 Å². The Morgan fingerprint density at radius 1 is 1.24 bits per heavy atom. The highest BCUT2D eigenvalue weighted by Crippen LogP contribution is 2.31. The first-order valence-corrected chi connectivity index (χ1v) is 7.52. The molecule has 4 nitrogen and oxygen atoms in total. The van der Waals surface area contributed by atoms with Gasteiger partial charge in [-0.2, -0.15) is 0 Å². The maximum absolute atomic E-state index is 11.8. The fourth-order valence-corrected chi connectivity index (χ4v) is 2.70. The highest BCUT2D eigenvalue weighted by Gasteiger charge is 2.17. The van der Waals surface area contributed by atoms with Crippen molar-refractivity contribution < 1.29 is 9.53 Å². The maximum Gasteiger partial charge on any atom is 0.412 e. The lowest BCUT2D eigenvalue weighted by Crippen LogP contribution is -2.27. The number of nitrogen functional groups attached to an aromatic ring is 1. The van der Waals surface area contributed by atoms with Gasteiger partial charge in [-0.25, -0.2) is 4.79 Å². The first kappa shape index (κ1) is 15.4. The lowest BCUT2D eigenvalue weighted by atomic mass is 10.1. The zero-order valence-corrected chi connectivity index (χ0v) is 13.5. The summed E-state index contributed by atoms with van der Waals surface area (Å²) in [5.74, 6) is 0. The van der Waals surface area contributed by atoms with Crippen LogP contribution in [-0.2, 0) is 4.74 Å². The lowest BCUT2D eigenvalue weighted by molar-refractivity contribution is 0.0636. The summed E-state index contributed by atoms with van der Waals surface area (Å²) >= 11 is 1.71. The van der Waals surface area contributed by atoms with Crippen LogP contribution in [0.15, 0.2) is 30.3 Å². The largest absolute Gasteiger partial charge is 0.444 e. The van der Waals surface area contributed by atoms with E-state index in [0.29, 0.717) is 11.4 Å². The van der Waals surface area contributed by atoms with E-state index < -0.39 is 11.7 Å². The summed E-state index contributed by atoms with van der Waals surface area (Å²) in [4.78, 5) is 14.2. The third-order valence-electron chi connectivity index (χ3n) is 2.71. The zero-order valence-electron chi connectivity index (χ0n) is 12.7. The first-order valence-electron chi connectivity index (χ1n) is 6.71. The van der Waals surface area contributed by atoms with Gasteiger partial charge >= 0.3 is 6.09 Å². The van der Waals surface area contributed by atoms with Crippen LogP contribution in [0.3, 0.4) is 0 Å². The van der Waals surface area contributed by atoms with Gasteiger partial charge in [0.05, 0.1) is 11.4 Å². The summed E-state index contributed by atoms with van der Waals surface area (Å²) in [6, 6.07) is 9.73. The molecule has 1 aromatic carbocycles. The molecule has 21 heavy (non-hydrogen) atoms. The van der Waals surface area contributed by atoms with Crippen molar-refractivity contribution in [1.82, 2.24) is 0 Å². The summed E-state index contributed by atoms with van der Waals surface area (Å²) in [5, 5.41) is 2.67. The fraction of sp³-hybridized carbons (Fsp3) is 0.312. The molecule has 0 aliphatic heterocycles. The van der Waals surface area contributed by atoms with Gasteiger partial charge in [0.25, 0.3) is 0 Å². The minimum absolute atomic E-state index is 0.506. The molecular weight excluding hydrogens is 284 g/mol. The molecule has 0 radical (unpaired) electrons. The van der Waals surface area contributed by atoms with Crippen LogP contribution in [0.1, 0.15) is 25.6 Å². The van der Waals surface area contributed by atoms with Crippen LogP contribution in [0.5, 0.6) is 0 Å². The van der Waals surface area contributed by atoms with Crippen molar-refractivity contribution in [3.63, 3.8) is 0 Å². The normalized spacial score (nSPS) is 11.2. The SMILES string of the molecule is Cc1ccc(-c2ccc(NC(=O)OC(C)(C)C)c(N)c2)s1. The second kappa shape index (κ2) is 5.77. The molecule has 0 bridgehead atoms. The molecule has 2 rings (SSSR count). The van der Waals surface area contributed by atoms with Crippen LogP contribution in [0.25, 0.3) is 10.4 Å². The number of carbonyl (C=O) groups is 1. The summed E-state index contributed by atoms with van der Waals surface area (Å²) in [7, 11) is 0. The van der Waals surface area contributed by atoms with E-state index in [4.69, 9.17) is 10.5 Å². The van der Waals surface area contributed by atoms with Crippen molar-refractivity contribution in [1.29, 1.82) is 0 Å². The number of hydrogen-bond acceptors (Lipinski definition) is 4. The number of carbonyl (C=O) groups excluding carboxylic acids is 1. The van der Waals surface area contributed by atoms with Crippen LogP contribution in [-0.4, -0.2) is 11.7 Å². The molecule has 112 valence electrons. The molecule has 0 saturated heterocycles. The van der Waals surface area contributed by atoms with Crippen molar-refractivity contribution in [2.45, 2.75) is 33.3 Å². The molecule has 5 heteroatoms. The molecule has 0 fully saturated rings. The van der Waals surface area contributed by atoms with E-state index >= 15 is 0 Å². The van der Waals surface area contributed by atoms with Gasteiger partial charge in [-0.3, -0.25) is 5.32 Å². The van der Waals surface area contributed by atoms with Crippen LogP contribution >= 0.6 is 11.3 Å². The van der Waals surface area contributed by atoms with E-state index in [-0.39, 0.29) is 0 Å². The summed E-state index contributed by atoms with van der Waals surface area (Å²) < 4.78 is 5.21. The number of nitrogens with two attached hydrogens (primary N) is 1. The van der Waals surface area contributed by atoms with Crippen molar-refractivity contribution in [2.24, 2.45) is 0 Å². The molecule has 0 unspecified atom stereocenters. The summed E-state index contributed by atoms with van der Waals surface area (Å²) in [5.41, 5.74) is 7.59. The maximum atomic E-state index is 11.8. The van der Waals surface area contributed by atoms with Gasteiger partial charge in [-0.05, 0) is 57.5 Å². The third kappa shape index (κ3) is 4.23. The van der Waals surface area contributed by atoms with Crippen LogP contribution in [0, 0.1) is 6.92 Å². The van der Waals surface area contributed by atoms with E-state index in [0.717, 1.165) is 10.4 Å². The van der Waals surface area contributed by atoms with Gasteiger partial charge in [0, 0.05) is 9.75 Å². The minimum atomic E-state index is -0.534. The van der Waals surface area contributed by atoms with E-state index in [1.807, 2.05) is 32.9 Å². The van der Waals surface area contributed by atoms with Gasteiger partial charge in [-0.15, -0.1) is 11.3 Å². The molecule has 0 aliphatic carbocycles. The molecular formula is C16H20N2O2S. The predicted molar refractivity (Wildman–Crippen MR) is 88.8 cm³/mol. The number of thiophene rings is 1. The molecule has 1 aromatic heterocycles. The van der Waals surface area contributed by atoms with E-state index in [9.17, 15) is 4.79 Å². The second-order valence-corrected chi connectivity index (χ2v) is 7.13. The van der Waals surface area contributed by atoms with Gasteiger partial charge in [0.2, 0.25) is 0 Å². The van der Waals surface area contributed by atoms with Crippen molar-refractivity contribution in [3.8, 4) is 10.4 Å². The van der Waals surface area contributed by atoms with Gasteiger partial charge < -0.3 is 10.5 Å². The molecule has 0 saturated carbocycles. The van der Waals surface area contributed by atoms with Crippen molar-refractivity contribution in [3.05, 3.63) is 35.2 Å². The van der Waals surface area contributed by atoms with Gasteiger partial charge in [-0.1, -0.05) is 6.07 Å². The van der Waals surface area contributed by atoms with Crippen molar-refractivity contribution in [2.75, 3.05) is 11.1 Å². The predicted octanol–water partition coefficient (Wildman–Crippen LogP) is 4.65. The zero-order chi connectivity index (χ0) is 15.6.